The van der Waals surface area contributed by atoms with Crippen molar-refractivity contribution >= 4 is 27.5 Å². The van der Waals surface area contributed by atoms with E-state index in [1.165, 1.54) is 16.3 Å². The van der Waals surface area contributed by atoms with Crippen LogP contribution in [0, 0.1) is 0 Å². The van der Waals surface area contributed by atoms with Crippen LogP contribution in [-0.2, 0) is 17.9 Å². The Morgan fingerprint density at radius 3 is 2.62 bits per heavy atom. The summed E-state index contributed by atoms with van der Waals surface area (Å²) < 4.78 is 2.16. The number of para-hydroxylation sites is 1. The number of aromatic nitrogens is 1. The molecular formula is C19H23BrN4O2. The van der Waals surface area contributed by atoms with Gasteiger partial charge in [-0.15, -0.1) is 0 Å². The standard InChI is InChI=1S/C19H23BrN4O2/c1-22-8-10-23(11-9-22)17-5-3-2-4-15(17)12-21-18(25)14-24-13-16(20)6-7-19(24)26/h2-7,13H,8-12,14H2,1H3,(H,21,25). The molecule has 7 heteroatoms. The van der Waals surface area contributed by atoms with Crippen molar-refractivity contribution in [3.05, 3.63) is 63.0 Å². The molecule has 1 saturated heterocycles. The minimum absolute atomic E-state index is 0.00888. The summed E-state index contributed by atoms with van der Waals surface area (Å²) >= 11 is 3.32. The highest BCUT2D eigenvalue weighted by atomic mass is 79.9. The van der Waals surface area contributed by atoms with Gasteiger partial charge < -0.3 is 19.7 Å². The molecule has 0 unspecified atom stereocenters. The first-order valence-corrected chi connectivity index (χ1v) is 9.46. The van der Waals surface area contributed by atoms with Gasteiger partial charge in [-0.1, -0.05) is 18.2 Å². The Bertz CT molecular complexity index is 828. The van der Waals surface area contributed by atoms with Crippen molar-refractivity contribution in [1.82, 2.24) is 14.8 Å². The molecule has 26 heavy (non-hydrogen) atoms. The van der Waals surface area contributed by atoms with Gasteiger partial charge in [0.25, 0.3) is 5.56 Å². The smallest absolute Gasteiger partial charge is 0.251 e. The maximum absolute atomic E-state index is 12.3. The highest BCUT2D eigenvalue weighted by Gasteiger charge is 2.17. The summed E-state index contributed by atoms with van der Waals surface area (Å²) in [5.41, 5.74) is 2.06. The maximum Gasteiger partial charge on any atom is 0.251 e. The van der Waals surface area contributed by atoms with Crippen LogP contribution in [0.4, 0.5) is 5.69 Å². The van der Waals surface area contributed by atoms with Gasteiger partial charge in [-0.2, -0.15) is 0 Å². The summed E-state index contributed by atoms with van der Waals surface area (Å²) in [7, 11) is 2.13. The summed E-state index contributed by atoms with van der Waals surface area (Å²) in [6, 6.07) is 11.3. The molecule has 0 radical (unpaired) electrons. The van der Waals surface area contributed by atoms with Gasteiger partial charge in [0.2, 0.25) is 5.91 Å². The predicted octanol–water partition coefficient (Wildman–Crippen LogP) is 1.68. The molecule has 1 amide bonds. The molecule has 0 atom stereocenters. The third-order valence-electron chi connectivity index (χ3n) is 4.57. The van der Waals surface area contributed by atoms with Crippen LogP contribution in [0.15, 0.2) is 51.9 Å². The molecule has 0 saturated carbocycles. The lowest BCUT2D eigenvalue weighted by Crippen LogP contribution is -2.45. The molecule has 3 rings (SSSR count). The lowest BCUT2D eigenvalue weighted by molar-refractivity contribution is -0.121. The Morgan fingerprint density at radius 1 is 1.12 bits per heavy atom. The van der Waals surface area contributed by atoms with E-state index in [9.17, 15) is 9.59 Å². The number of hydrogen-bond donors (Lipinski definition) is 1. The average molecular weight is 419 g/mol. The zero-order valence-corrected chi connectivity index (χ0v) is 16.4. The SMILES string of the molecule is CN1CCN(c2ccccc2CNC(=O)Cn2cc(Br)ccc2=O)CC1. The Kier molecular flexibility index (Phi) is 6.11. The highest BCUT2D eigenvalue weighted by molar-refractivity contribution is 9.10. The monoisotopic (exact) mass is 418 g/mol. The minimum Gasteiger partial charge on any atom is -0.369 e. The number of rotatable bonds is 5. The molecular weight excluding hydrogens is 396 g/mol. The van der Waals surface area contributed by atoms with E-state index in [1.54, 1.807) is 12.3 Å². The van der Waals surface area contributed by atoms with Crippen LogP contribution >= 0.6 is 15.9 Å². The van der Waals surface area contributed by atoms with Gasteiger partial charge in [0.1, 0.15) is 6.54 Å². The molecule has 0 spiro atoms. The van der Waals surface area contributed by atoms with Crippen molar-refractivity contribution in [2.24, 2.45) is 0 Å². The number of nitrogens with zero attached hydrogens (tertiary/aromatic N) is 3. The van der Waals surface area contributed by atoms with Crippen LogP contribution in [-0.4, -0.2) is 48.6 Å². The van der Waals surface area contributed by atoms with Crippen LogP contribution in [0.25, 0.3) is 0 Å². The number of carbonyl (C=O) groups excluding carboxylic acids is 1. The molecule has 1 aliphatic heterocycles. The molecule has 138 valence electrons. The number of anilines is 1. The lowest BCUT2D eigenvalue weighted by atomic mass is 10.1. The van der Waals surface area contributed by atoms with Crippen molar-refractivity contribution in [1.29, 1.82) is 0 Å². The largest absolute Gasteiger partial charge is 0.369 e. The molecule has 1 fully saturated rings. The summed E-state index contributed by atoms with van der Waals surface area (Å²) in [6.07, 6.45) is 1.63. The quantitative estimate of drug-likeness (QED) is 0.802. The second kappa shape index (κ2) is 8.51. The molecule has 1 N–H and O–H groups in total. The van der Waals surface area contributed by atoms with Gasteiger partial charge in [-0.05, 0) is 40.7 Å². The topological polar surface area (TPSA) is 57.6 Å². The fourth-order valence-electron chi connectivity index (χ4n) is 3.05. The average Bonchev–Trinajstić information content (AvgIpc) is 2.64. The number of halogens is 1. The van der Waals surface area contributed by atoms with E-state index in [2.05, 4.69) is 44.2 Å². The van der Waals surface area contributed by atoms with Gasteiger partial charge in [0.15, 0.2) is 0 Å². The van der Waals surface area contributed by atoms with E-state index in [1.807, 2.05) is 18.2 Å². The highest BCUT2D eigenvalue weighted by Crippen LogP contribution is 2.21. The van der Waals surface area contributed by atoms with Gasteiger partial charge in [0, 0.05) is 55.1 Å². The van der Waals surface area contributed by atoms with Crippen LogP contribution in [0.1, 0.15) is 5.56 Å². The third kappa shape index (κ3) is 4.74. The second-order valence-electron chi connectivity index (χ2n) is 6.51. The Hall–Kier alpha value is -2.12. The molecule has 1 aromatic carbocycles. The Balaban J connectivity index is 1.63. The second-order valence-corrected chi connectivity index (χ2v) is 7.42. The number of hydrogen-bond acceptors (Lipinski definition) is 4. The van der Waals surface area contributed by atoms with Crippen molar-refractivity contribution in [3.8, 4) is 0 Å². The van der Waals surface area contributed by atoms with E-state index >= 15 is 0 Å². The zero-order valence-electron chi connectivity index (χ0n) is 14.8. The number of amides is 1. The van der Waals surface area contributed by atoms with E-state index < -0.39 is 0 Å². The first-order valence-electron chi connectivity index (χ1n) is 8.67. The summed E-state index contributed by atoms with van der Waals surface area (Å²) in [4.78, 5) is 28.8. The van der Waals surface area contributed by atoms with E-state index in [-0.39, 0.29) is 18.0 Å². The first-order chi connectivity index (χ1) is 12.5. The minimum atomic E-state index is -0.193. The molecule has 6 nitrogen and oxygen atoms in total. The van der Waals surface area contributed by atoms with Crippen LogP contribution in [0.2, 0.25) is 0 Å². The third-order valence-corrected chi connectivity index (χ3v) is 5.04. The van der Waals surface area contributed by atoms with Crippen molar-refractivity contribution in [3.63, 3.8) is 0 Å². The molecule has 0 aliphatic carbocycles. The fraction of sp³-hybridized carbons (Fsp3) is 0.368. The zero-order chi connectivity index (χ0) is 18.5. The van der Waals surface area contributed by atoms with E-state index in [0.29, 0.717) is 6.54 Å². The maximum atomic E-state index is 12.3. The summed E-state index contributed by atoms with van der Waals surface area (Å²) in [5, 5.41) is 2.93. The van der Waals surface area contributed by atoms with Gasteiger partial charge in [-0.3, -0.25) is 9.59 Å². The molecule has 1 aliphatic rings. The van der Waals surface area contributed by atoms with Crippen molar-refractivity contribution < 1.29 is 4.79 Å². The molecule has 2 aromatic rings. The lowest BCUT2D eigenvalue weighted by Gasteiger charge is -2.35. The fourth-order valence-corrected chi connectivity index (χ4v) is 3.43. The van der Waals surface area contributed by atoms with Crippen molar-refractivity contribution in [2.45, 2.75) is 13.1 Å². The van der Waals surface area contributed by atoms with E-state index in [4.69, 9.17) is 0 Å². The van der Waals surface area contributed by atoms with Crippen LogP contribution < -0.4 is 15.8 Å². The number of piperazine rings is 1. The summed E-state index contributed by atoms with van der Waals surface area (Å²) in [5.74, 6) is -0.182. The predicted molar refractivity (Wildman–Crippen MR) is 106 cm³/mol. The number of carbonyl (C=O) groups is 1. The molecule has 1 aromatic heterocycles. The molecule has 2 heterocycles. The summed E-state index contributed by atoms with van der Waals surface area (Å²) in [6.45, 7) is 4.49. The Morgan fingerprint density at radius 2 is 1.85 bits per heavy atom. The Labute approximate surface area is 161 Å². The van der Waals surface area contributed by atoms with Gasteiger partial charge in [0.05, 0.1) is 0 Å². The molecule has 0 bridgehead atoms. The van der Waals surface area contributed by atoms with Crippen molar-refractivity contribution in [2.75, 3.05) is 38.1 Å². The van der Waals surface area contributed by atoms with Gasteiger partial charge >= 0.3 is 0 Å². The number of pyridine rings is 1. The first kappa shape index (κ1) is 18.7. The van der Waals surface area contributed by atoms with Crippen LogP contribution in [0.5, 0.6) is 0 Å². The number of nitrogens with one attached hydrogen (secondary N) is 1. The normalized spacial score (nSPS) is 15.1. The van der Waals surface area contributed by atoms with Crippen LogP contribution in [0.3, 0.4) is 0 Å². The van der Waals surface area contributed by atoms with Gasteiger partial charge in [-0.25, -0.2) is 0 Å². The number of likely N-dealkylation sites (N-methyl/N-ethyl adjacent to an activating group) is 1. The van der Waals surface area contributed by atoms with E-state index in [0.717, 1.165) is 36.2 Å². The number of benzene rings is 1.